The van der Waals surface area contributed by atoms with Gasteiger partial charge in [-0.2, -0.15) is 4.31 Å². The number of carbonyl (C=O) groups is 1. The lowest BCUT2D eigenvalue weighted by Crippen LogP contribution is -2.47. The van der Waals surface area contributed by atoms with Crippen molar-refractivity contribution in [3.8, 4) is 0 Å². The monoisotopic (exact) mass is 359 g/mol. The van der Waals surface area contributed by atoms with Crippen LogP contribution >= 0.6 is 0 Å². The van der Waals surface area contributed by atoms with Crippen molar-refractivity contribution in [1.82, 2.24) is 9.29 Å². The molecule has 2 heterocycles. The first-order valence-corrected chi connectivity index (χ1v) is 9.78. The second-order valence-corrected chi connectivity index (χ2v) is 7.77. The summed E-state index contributed by atoms with van der Waals surface area (Å²) < 4.78 is 27.1. The van der Waals surface area contributed by atoms with Crippen LogP contribution in [0.1, 0.15) is 19.8 Å². The van der Waals surface area contributed by atoms with E-state index in [1.165, 1.54) is 22.8 Å². The number of aromatic nitrogens is 1. The normalized spacial score (nSPS) is 18.2. The standard InChI is InChI=1S/C18H21N3O3S/c1-2-20(15-8-4-3-5-9-15)18(22)17-11-7-13-21(17)25(23,24)16-10-6-12-19-14-16/h3-6,8-10,12,14,17H,2,7,11,13H2,1H3. The number of anilines is 1. The molecule has 0 spiro atoms. The summed E-state index contributed by atoms with van der Waals surface area (Å²) in [7, 11) is -3.73. The molecular weight excluding hydrogens is 338 g/mol. The first-order valence-electron chi connectivity index (χ1n) is 8.34. The Morgan fingerprint density at radius 2 is 2.00 bits per heavy atom. The molecule has 1 saturated heterocycles. The predicted octanol–water partition coefficient (Wildman–Crippen LogP) is 2.29. The third-order valence-corrected chi connectivity index (χ3v) is 6.27. The maximum absolute atomic E-state index is 13.1. The SMILES string of the molecule is CCN(C(=O)C1CCCN1S(=O)(=O)c1cccnc1)c1ccccc1. The summed E-state index contributed by atoms with van der Waals surface area (Å²) in [6.07, 6.45) is 4.05. The van der Waals surface area contributed by atoms with E-state index >= 15 is 0 Å². The fourth-order valence-electron chi connectivity index (χ4n) is 3.16. The maximum Gasteiger partial charge on any atom is 0.245 e. The zero-order valence-corrected chi connectivity index (χ0v) is 14.9. The van der Waals surface area contributed by atoms with E-state index in [0.29, 0.717) is 25.9 Å². The molecule has 3 rings (SSSR count). The van der Waals surface area contributed by atoms with E-state index in [9.17, 15) is 13.2 Å². The molecular formula is C18H21N3O3S. The van der Waals surface area contributed by atoms with Gasteiger partial charge in [-0.05, 0) is 44.0 Å². The summed E-state index contributed by atoms with van der Waals surface area (Å²) in [5, 5.41) is 0. The largest absolute Gasteiger partial charge is 0.311 e. The van der Waals surface area contributed by atoms with Crippen LogP contribution < -0.4 is 4.90 Å². The second-order valence-electron chi connectivity index (χ2n) is 5.88. The minimum absolute atomic E-state index is 0.123. The van der Waals surface area contributed by atoms with Gasteiger partial charge in [0.05, 0.1) is 0 Å². The van der Waals surface area contributed by atoms with Gasteiger partial charge < -0.3 is 4.90 Å². The molecule has 1 aromatic carbocycles. The van der Waals surface area contributed by atoms with Crippen molar-refractivity contribution in [2.45, 2.75) is 30.7 Å². The number of rotatable bonds is 5. The molecule has 6 nitrogen and oxygen atoms in total. The lowest BCUT2D eigenvalue weighted by atomic mass is 10.2. The molecule has 0 saturated carbocycles. The Bertz CT molecular complexity index is 825. The van der Waals surface area contributed by atoms with Crippen LogP contribution in [0.2, 0.25) is 0 Å². The van der Waals surface area contributed by atoms with E-state index in [1.807, 2.05) is 37.3 Å². The quantitative estimate of drug-likeness (QED) is 0.821. The Labute approximate surface area is 148 Å². The number of amides is 1. The van der Waals surface area contributed by atoms with Crippen LogP contribution in [-0.4, -0.2) is 42.7 Å². The minimum atomic E-state index is -3.73. The number of pyridine rings is 1. The molecule has 1 unspecified atom stereocenters. The molecule has 0 bridgehead atoms. The fraction of sp³-hybridized carbons (Fsp3) is 0.333. The van der Waals surface area contributed by atoms with Crippen molar-refractivity contribution >= 4 is 21.6 Å². The van der Waals surface area contributed by atoms with E-state index in [1.54, 1.807) is 11.0 Å². The topological polar surface area (TPSA) is 70.6 Å². The van der Waals surface area contributed by atoms with Crippen molar-refractivity contribution in [1.29, 1.82) is 0 Å². The van der Waals surface area contributed by atoms with Gasteiger partial charge in [-0.1, -0.05) is 18.2 Å². The highest BCUT2D eigenvalue weighted by atomic mass is 32.2. The molecule has 0 aliphatic carbocycles. The molecule has 1 aliphatic rings. The van der Waals surface area contributed by atoms with E-state index in [2.05, 4.69) is 4.98 Å². The van der Waals surface area contributed by atoms with Gasteiger partial charge >= 0.3 is 0 Å². The Morgan fingerprint density at radius 1 is 1.24 bits per heavy atom. The molecule has 0 N–H and O–H groups in total. The smallest absolute Gasteiger partial charge is 0.245 e. The molecule has 1 atom stereocenters. The van der Waals surface area contributed by atoms with Crippen LogP contribution in [0.15, 0.2) is 59.8 Å². The average Bonchev–Trinajstić information content (AvgIpc) is 3.14. The van der Waals surface area contributed by atoms with Crippen molar-refractivity contribution < 1.29 is 13.2 Å². The Morgan fingerprint density at radius 3 is 2.64 bits per heavy atom. The molecule has 132 valence electrons. The summed E-state index contributed by atoms with van der Waals surface area (Å²) in [5.74, 6) is -0.182. The van der Waals surface area contributed by atoms with Gasteiger partial charge in [-0.25, -0.2) is 8.42 Å². The van der Waals surface area contributed by atoms with Crippen LogP contribution in [0.4, 0.5) is 5.69 Å². The van der Waals surface area contributed by atoms with E-state index in [-0.39, 0.29) is 10.8 Å². The van der Waals surface area contributed by atoms with Crippen molar-refractivity contribution in [2.24, 2.45) is 0 Å². The molecule has 0 radical (unpaired) electrons. The van der Waals surface area contributed by atoms with Crippen LogP contribution in [-0.2, 0) is 14.8 Å². The molecule has 1 aromatic heterocycles. The van der Waals surface area contributed by atoms with Gasteiger partial charge in [0.1, 0.15) is 10.9 Å². The van der Waals surface area contributed by atoms with Crippen molar-refractivity contribution in [3.63, 3.8) is 0 Å². The van der Waals surface area contributed by atoms with Crippen LogP contribution in [0, 0.1) is 0 Å². The van der Waals surface area contributed by atoms with Gasteiger partial charge in [0, 0.05) is 31.2 Å². The highest BCUT2D eigenvalue weighted by Crippen LogP contribution is 2.28. The number of para-hydroxylation sites is 1. The zero-order valence-electron chi connectivity index (χ0n) is 14.1. The van der Waals surface area contributed by atoms with Gasteiger partial charge in [-0.15, -0.1) is 0 Å². The number of likely N-dealkylation sites (N-methyl/N-ethyl adjacent to an activating group) is 1. The number of nitrogens with zero attached hydrogens (tertiary/aromatic N) is 3. The maximum atomic E-state index is 13.1. The lowest BCUT2D eigenvalue weighted by Gasteiger charge is -2.29. The van der Waals surface area contributed by atoms with Gasteiger partial charge in [0.25, 0.3) is 0 Å². The molecule has 1 amide bonds. The Hall–Kier alpha value is -2.25. The van der Waals surface area contributed by atoms with E-state index in [4.69, 9.17) is 0 Å². The highest BCUT2D eigenvalue weighted by Gasteiger charge is 2.41. The first-order chi connectivity index (χ1) is 12.1. The summed E-state index contributed by atoms with van der Waals surface area (Å²) in [6.45, 7) is 2.72. The Kier molecular flexibility index (Phi) is 5.15. The highest BCUT2D eigenvalue weighted by molar-refractivity contribution is 7.89. The van der Waals surface area contributed by atoms with Crippen molar-refractivity contribution in [3.05, 3.63) is 54.9 Å². The number of carbonyl (C=O) groups excluding carboxylic acids is 1. The average molecular weight is 359 g/mol. The Balaban J connectivity index is 1.90. The third kappa shape index (κ3) is 3.43. The van der Waals surface area contributed by atoms with Crippen LogP contribution in [0.3, 0.4) is 0 Å². The molecule has 25 heavy (non-hydrogen) atoms. The van der Waals surface area contributed by atoms with Gasteiger partial charge in [0.2, 0.25) is 15.9 Å². The number of sulfonamides is 1. The molecule has 1 aliphatic heterocycles. The van der Waals surface area contributed by atoms with Crippen molar-refractivity contribution in [2.75, 3.05) is 18.0 Å². The number of hydrogen-bond acceptors (Lipinski definition) is 4. The lowest BCUT2D eigenvalue weighted by molar-refractivity contribution is -0.121. The minimum Gasteiger partial charge on any atom is -0.311 e. The second kappa shape index (κ2) is 7.33. The summed E-state index contributed by atoms with van der Waals surface area (Å²) in [5.41, 5.74) is 0.778. The number of benzene rings is 1. The van der Waals surface area contributed by atoms with Gasteiger partial charge in [-0.3, -0.25) is 9.78 Å². The fourth-order valence-corrected chi connectivity index (χ4v) is 4.78. The van der Waals surface area contributed by atoms with Crippen LogP contribution in [0.25, 0.3) is 0 Å². The van der Waals surface area contributed by atoms with Crippen LogP contribution in [0.5, 0.6) is 0 Å². The molecule has 1 fully saturated rings. The van der Waals surface area contributed by atoms with E-state index < -0.39 is 16.1 Å². The summed E-state index contributed by atoms with van der Waals surface area (Å²) in [6, 6.07) is 11.8. The van der Waals surface area contributed by atoms with Gasteiger partial charge in [0.15, 0.2) is 0 Å². The first kappa shape index (κ1) is 17.6. The summed E-state index contributed by atoms with van der Waals surface area (Å²) in [4.78, 5) is 18.7. The summed E-state index contributed by atoms with van der Waals surface area (Å²) >= 11 is 0. The third-order valence-electron chi connectivity index (χ3n) is 4.38. The molecule has 7 heteroatoms. The molecule has 2 aromatic rings. The van der Waals surface area contributed by atoms with E-state index in [0.717, 1.165) is 5.69 Å². The number of hydrogen-bond donors (Lipinski definition) is 0. The zero-order chi connectivity index (χ0) is 17.9. The predicted molar refractivity (Wildman–Crippen MR) is 95.6 cm³/mol.